The van der Waals surface area contributed by atoms with Crippen molar-refractivity contribution in [3.05, 3.63) is 29.1 Å². The fourth-order valence-corrected chi connectivity index (χ4v) is 1.90. The van der Waals surface area contributed by atoms with Crippen LogP contribution in [0.25, 0.3) is 0 Å². The van der Waals surface area contributed by atoms with Gasteiger partial charge in [0.15, 0.2) is 5.69 Å². The lowest BCUT2D eigenvalue weighted by Crippen LogP contribution is -2.38. The number of nitrogens with zero attached hydrogens (tertiary/aromatic N) is 1. The van der Waals surface area contributed by atoms with Gasteiger partial charge in [-0.1, -0.05) is 0 Å². The number of esters is 1. The number of aryl methyl sites for hydroxylation is 1. The molecule has 8 heteroatoms. The van der Waals surface area contributed by atoms with E-state index in [0.29, 0.717) is 11.1 Å². The Bertz CT molecular complexity index is 597. The quantitative estimate of drug-likeness (QED) is 0.687. The number of carbonyl (C=O) groups is 2. The molecule has 1 aromatic heterocycles. The topological polar surface area (TPSA) is 118 Å². The van der Waals surface area contributed by atoms with Crippen molar-refractivity contribution in [2.45, 2.75) is 45.5 Å². The van der Waals surface area contributed by atoms with Crippen LogP contribution >= 0.6 is 0 Å². The van der Waals surface area contributed by atoms with Gasteiger partial charge in [0.1, 0.15) is 17.8 Å². The predicted octanol–water partition coefficient (Wildman–Crippen LogP) is 1.10. The fourth-order valence-electron chi connectivity index (χ4n) is 1.90. The molecule has 2 atom stereocenters. The summed E-state index contributed by atoms with van der Waals surface area (Å²) in [5, 5.41) is 22.5. The van der Waals surface area contributed by atoms with E-state index in [1.165, 1.54) is 19.4 Å². The molecule has 2 unspecified atom stereocenters. The lowest BCUT2D eigenvalue weighted by atomic mass is 10.0. The Labute approximate surface area is 140 Å². The molecule has 0 bridgehead atoms. The number of amides is 1. The SMILES string of the molecule is COC(=O)c1ncc(C(O)C(O)CNC(=O)OC(C)(C)C)cc1C. The van der Waals surface area contributed by atoms with Crippen LogP contribution in [0.5, 0.6) is 0 Å². The maximum Gasteiger partial charge on any atom is 0.407 e. The lowest BCUT2D eigenvalue weighted by molar-refractivity contribution is 0.0127. The highest BCUT2D eigenvalue weighted by atomic mass is 16.6. The Hall–Kier alpha value is -2.19. The fraction of sp³-hybridized carbons (Fsp3) is 0.562. The number of hydrogen-bond acceptors (Lipinski definition) is 7. The number of aromatic nitrogens is 1. The molecule has 1 amide bonds. The van der Waals surface area contributed by atoms with Crippen LogP contribution in [0.3, 0.4) is 0 Å². The van der Waals surface area contributed by atoms with Gasteiger partial charge in [-0.05, 0) is 39.3 Å². The lowest BCUT2D eigenvalue weighted by Gasteiger charge is -2.22. The molecule has 0 aliphatic rings. The standard InChI is InChI=1S/C16H24N2O6/c1-9-6-10(7-17-12(9)14(21)23-5)13(20)11(19)8-18-15(22)24-16(2,3)4/h6-7,11,13,19-20H,8H2,1-5H3,(H,18,22). The van der Waals surface area contributed by atoms with Gasteiger partial charge in [-0.15, -0.1) is 0 Å². The van der Waals surface area contributed by atoms with E-state index in [0.717, 1.165) is 0 Å². The molecule has 0 aromatic carbocycles. The van der Waals surface area contributed by atoms with Crippen LogP contribution in [0.15, 0.2) is 12.3 Å². The molecule has 8 nitrogen and oxygen atoms in total. The van der Waals surface area contributed by atoms with Crippen molar-refractivity contribution in [2.75, 3.05) is 13.7 Å². The van der Waals surface area contributed by atoms with Crippen LogP contribution in [0.4, 0.5) is 4.79 Å². The van der Waals surface area contributed by atoms with Crippen molar-refractivity contribution in [3.63, 3.8) is 0 Å². The Morgan fingerprint density at radius 1 is 1.33 bits per heavy atom. The van der Waals surface area contributed by atoms with Crippen LogP contribution in [0.1, 0.15) is 48.5 Å². The number of nitrogens with one attached hydrogen (secondary N) is 1. The van der Waals surface area contributed by atoms with E-state index in [9.17, 15) is 19.8 Å². The van der Waals surface area contributed by atoms with Gasteiger partial charge in [-0.3, -0.25) is 0 Å². The molecular weight excluding hydrogens is 316 g/mol. The van der Waals surface area contributed by atoms with E-state index in [1.807, 2.05) is 0 Å². The molecule has 0 aliphatic heterocycles. The minimum Gasteiger partial charge on any atom is -0.464 e. The number of carbonyl (C=O) groups excluding carboxylic acids is 2. The molecule has 0 aliphatic carbocycles. The zero-order valence-electron chi connectivity index (χ0n) is 14.5. The second-order valence-corrected chi connectivity index (χ2v) is 6.32. The molecular formula is C16H24N2O6. The second-order valence-electron chi connectivity index (χ2n) is 6.32. The average molecular weight is 340 g/mol. The smallest absolute Gasteiger partial charge is 0.407 e. The molecule has 24 heavy (non-hydrogen) atoms. The van der Waals surface area contributed by atoms with Gasteiger partial charge in [-0.2, -0.15) is 0 Å². The van der Waals surface area contributed by atoms with Crippen molar-refractivity contribution >= 4 is 12.1 Å². The van der Waals surface area contributed by atoms with Crippen molar-refractivity contribution in [2.24, 2.45) is 0 Å². The van der Waals surface area contributed by atoms with E-state index < -0.39 is 29.9 Å². The largest absolute Gasteiger partial charge is 0.464 e. The zero-order chi connectivity index (χ0) is 18.5. The van der Waals surface area contributed by atoms with Crippen molar-refractivity contribution < 1.29 is 29.3 Å². The average Bonchev–Trinajstić information content (AvgIpc) is 2.49. The molecule has 1 heterocycles. The van der Waals surface area contributed by atoms with Gasteiger partial charge in [0.2, 0.25) is 0 Å². The van der Waals surface area contributed by atoms with Gasteiger partial charge in [0.25, 0.3) is 0 Å². The van der Waals surface area contributed by atoms with E-state index in [-0.39, 0.29) is 12.2 Å². The Morgan fingerprint density at radius 3 is 2.46 bits per heavy atom. The first-order valence-electron chi connectivity index (χ1n) is 7.43. The Morgan fingerprint density at radius 2 is 1.96 bits per heavy atom. The zero-order valence-corrected chi connectivity index (χ0v) is 14.5. The minimum absolute atomic E-state index is 0.134. The third kappa shape index (κ3) is 5.78. The summed E-state index contributed by atoms with van der Waals surface area (Å²) < 4.78 is 9.64. The summed E-state index contributed by atoms with van der Waals surface area (Å²) in [5.41, 5.74) is 0.303. The third-order valence-electron chi connectivity index (χ3n) is 3.04. The molecule has 134 valence electrons. The molecule has 0 saturated carbocycles. The molecule has 1 aromatic rings. The van der Waals surface area contributed by atoms with E-state index in [1.54, 1.807) is 27.7 Å². The highest BCUT2D eigenvalue weighted by molar-refractivity contribution is 5.88. The molecule has 0 saturated heterocycles. The number of alkyl carbamates (subject to hydrolysis) is 1. The Balaban J connectivity index is 2.69. The Kier molecular flexibility index (Phi) is 6.68. The third-order valence-corrected chi connectivity index (χ3v) is 3.04. The number of ether oxygens (including phenoxy) is 2. The van der Waals surface area contributed by atoms with Crippen molar-refractivity contribution in [1.29, 1.82) is 0 Å². The number of pyridine rings is 1. The van der Waals surface area contributed by atoms with Gasteiger partial charge in [-0.25, -0.2) is 14.6 Å². The summed E-state index contributed by atoms with van der Waals surface area (Å²) in [5.74, 6) is -0.583. The van der Waals surface area contributed by atoms with Crippen molar-refractivity contribution in [1.82, 2.24) is 10.3 Å². The maximum absolute atomic E-state index is 11.5. The normalized spacial score (nSPS) is 13.8. The first-order chi connectivity index (χ1) is 11.0. The highest BCUT2D eigenvalue weighted by Gasteiger charge is 2.23. The minimum atomic E-state index is -1.28. The number of hydrogen-bond donors (Lipinski definition) is 3. The van der Waals surface area contributed by atoms with E-state index in [4.69, 9.17) is 4.74 Å². The summed E-state index contributed by atoms with van der Waals surface area (Å²) in [6, 6.07) is 1.53. The molecule has 0 radical (unpaired) electrons. The summed E-state index contributed by atoms with van der Waals surface area (Å²) in [4.78, 5) is 27.0. The summed E-state index contributed by atoms with van der Waals surface area (Å²) in [6.07, 6.45) is -1.95. The van der Waals surface area contributed by atoms with E-state index in [2.05, 4.69) is 15.0 Å². The number of aliphatic hydroxyl groups is 2. The predicted molar refractivity (Wildman–Crippen MR) is 85.5 cm³/mol. The van der Waals surface area contributed by atoms with Crippen LogP contribution in [-0.4, -0.2) is 52.6 Å². The summed E-state index contributed by atoms with van der Waals surface area (Å²) >= 11 is 0. The van der Waals surface area contributed by atoms with Crippen molar-refractivity contribution in [3.8, 4) is 0 Å². The molecule has 3 N–H and O–H groups in total. The second kappa shape index (κ2) is 8.07. The number of methoxy groups -OCH3 is 1. The van der Waals surface area contributed by atoms with Gasteiger partial charge >= 0.3 is 12.1 Å². The first-order valence-corrected chi connectivity index (χ1v) is 7.43. The molecule has 0 spiro atoms. The number of aliphatic hydroxyl groups excluding tert-OH is 2. The van der Waals surface area contributed by atoms with Crippen LogP contribution in [0, 0.1) is 6.92 Å². The molecule has 1 rings (SSSR count). The van der Waals surface area contributed by atoms with E-state index >= 15 is 0 Å². The monoisotopic (exact) mass is 340 g/mol. The molecule has 0 fully saturated rings. The van der Waals surface area contributed by atoms with Crippen LogP contribution in [-0.2, 0) is 9.47 Å². The highest BCUT2D eigenvalue weighted by Crippen LogP contribution is 2.19. The van der Waals surface area contributed by atoms with Gasteiger partial charge in [0.05, 0.1) is 7.11 Å². The summed E-state index contributed by atoms with van der Waals surface area (Å²) in [7, 11) is 1.25. The van der Waals surface area contributed by atoms with Crippen LogP contribution < -0.4 is 5.32 Å². The number of rotatable bonds is 5. The van der Waals surface area contributed by atoms with Gasteiger partial charge in [0, 0.05) is 18.3 Å². The summed E-state index contributed by atoms with van der Waals surface area (Å²) in [6.45, 7) is 6.59. The maximum atomic E-state index is 11.5. The van der Waals surface area contributed by atoms with Gasteiger partial charge < -0.3 is 25.0 Å². The first kappa shape index (κ1) is 19.9. The van der Waals surface area contributed by atoms with Crippen LogP contribution in [0.2, 0.25) is 0 Å².